The number of para-hydroxylation sites is 3. The third-order valence-corrected chi connectivity index (χ3v) is 6.51. The second-order valence-electron chi connectivity index (χ2n) is 8.70. The second kappa shape index (κ2) is 8.71. The van der Waals surface area contributed by atoms with E-state index in [0.717, 1.165) is 24.4 Å². The molecule has 0 radical (unpaired) electrons. The maximum absolute atomic E-state index is 10.2. The average Bonchev–Trinajstić information content (AvgIpc) is 2.83. The monoisotopic (exact) mass is 441 g/mol. The van der Waals surface area contributed by atoms with Crippen LogP contribution in [0.2, 0.25) is 0 Å². The van der Waals surface area contributed by atoms with Crippen LogP contribution in [0.5, 0.6) is 17.2 Å². The van der Waals surface area contributed by atoms with E-state index in [1.807, 2.05) is 48.5 Å². The van der Waals surface area contributed by atoms with Crippen LogP contribution in [0.1, 0.15) is 29.2 Å². The first-order valence-electron chi connectivity index (χ1n) is 11.2. The third-order valence-electron chi connectivity index (χ3n) is 6.51. The van der Waals surface area contributed by atoms with Gasteiger partial charge in [0.05, 0.1) is 12.0 Å². The molecule has 0 aromatic heterocycles. The molecule has 2 aliphatic heterocycles. The van der Waals surface area contributed by atoms with Gasteiger partial charge in [-0.25, -0.2) is 4.99 Å². The standard InChI is InChI=1S/C27H27N3O3/c1-30-15-14-27(29-17-20-9-3-6-12-24(20)32)22(18-30)26(21-10-4-7-13-25(21)33-27)28-16-19-8-2-5-11-23(19)31/h2-13,16-17,22,26,31-32H,14-15,18H2,1H3. The second-order valence-corrected chi connectivity index (χ2v) is 8.70. The van der Waals surface area contributed by atoms with E-state index >= 15 is 0 Å². The van der Waals surface area contributed by atoms with Gasteiger partial charge in [0.15, 0.2) is 0 Å². The third kappa shape index (κ3) is 4.10. The normalized spacial score (nSPS) is 25.0. The molecule has 2 N–H and O–H groups in total. The first-order chi connectivity index (χ1) is 16.1. The van der Waals surface area contributed by atoms with Gasteiger partial charge in [0.25, 0.3) is 0 Å². The predicted octanol–water partition coefficient (Wildman–Crippen LogP) is 4.42. The minimum Gasteiger partial charge on any atom is -0.507 e. The highest BCUT2D eigenvalue weighted by Crippen LogP contribution is 2.49. The number of phenols is 2. The highest BCUT2D eigenvalue weighted by Gasteiger charge is 2.52. The highest BCUT2D eigenvalue weighted by molar-refractivity contribution is 5.84. The van der Waals surface area contributed by atoms with E-state index in [0.29, 0.717) is 17.5 Å². The summed E-state index contributed by atoms with van der Waals surface area (Å²) >= 11 is 0. The number of aliphatic imine (C=N–C) groups is 2. The van der Waals surface area contributed by atoms with Gasteiger partial charge in [-0.2, -0.15) is 0 Å². The lowest BCUT2D eigenvalue weighted by atomic mass is 9.77. The van der Waals surface area contributed by atoms with Gasteiger partial charge in [0.1, 0.15) is 17.2 Å². The fourth-order valence-corrected chi connectivity index (χ4v) is 4.71. The van der Waals surface area contributed by atoms with Crippen molar-refractivity contribution >= 4 is 12.4 Å². The lowest BCUT2D eigenvalue weighted by Gasteiger charge is -2.49. The molecule has 6 heteroatoms. The number of rotatable bonds is 4. The molecule has 3 atom stereocenters. The Balaban J connectivity index is 1.59. The van der Waals surface area contributed by atoms with Crippen LogP contribution >= 0.6 is 0 Å². The lowest BCUT2D eigenvalue weighted by Crippen LogP contribution is -2.57. The zero-order chi connectivity index (χ0) is 22.8. The molecular formula is C27H27N3O3. The van der Waals surface area contributed by atoms with Gasteiger partial charge in [0, 0.05) is 48.6 Å². The summed E-state index contributed by atoms with van der Waals surface area (Å²) in [6.45, 7) is 1.60. The lowest BCUT2D eigenvalue weighted by molar-refractivity contribution is -0.0624. The van der Waals surface area contributed by atoms with E-state index < -0.39 is 5.72 Å². The van der Waals surface area contributed by atoms with Crippen LogP contribution in [0.25, 0.3) is 0 Å². The maximum atomic E-state index is 10.2. The Morgan fingerprint density at radius 2 is 1.55 bits per heavy atom. The fraction of sp³-hybridized carbons (Fsp3) is 0.259. The summed E-state index contributed by atoms with van der Waals surface area (Å²) in [4.78, 5) is 12.2. The number of benzene rings is 3. The van der Waals surface area contributed by atoms with Crippen molar-refractivity contribution in [3.05, 3.63) is 89.5 Å². The Bertz CT molecular complexity index is 1210. The molecule has 3 aromatic carbocycles. The SMILES string of the molecule is CN1CCC2(N=Cc3ccccc3O)Oc3ccccc3C(N=Cc3ccccc3O)C2C1. The zero-order valence-corrected chi connectivity index (χ0v) is 18.5. The molecule has 5 rings (SSSR count). The molecule has 2 heterocycles. The molecule has 3 unspecified atom stereocenters. The van der Waals surface area contributed by atoms with Crippen LogP contribution in [0.3, 0.4) is 0 Å². The molecule has 0 spiro atoms. The zero-order valence-electron chi connectivity index (χ0n) is 18.5. The van der Waals surface area contributed by atoms with Gasteiger partial charge < -0.3 is 19.8 Å². The Hall–Kier alpha value is -3.64. The first kappa shape index (κ1) is 21.2. The number of aromatic hydroxyl groups is 2. The van der Waals surface area contributed by atoms with Crippen LogP contribution in [-0.2, 0) is 0 Å². The van der Waals surface area contributed by atoms with Gasteiger partial charge in [-0.1, -0.05) is 42.5 Å². The first-order valence-corrected chi connectivity index (χ1v) is 11.2. The van der Waals surface area contributed by atoms with E-state index in [2.05, 4.69) is 11.9 Å². The van der Waals surface area contributed by atoms with E-state index in [-0.39, 0.29) is 23.5 Å². The Morgan fingerprint density at radius 1 is 0.909 bits per heavy atom. The van der Waals surface area contributed by atoms with Gasteiger partial charge in [-0.15, -0.1) is 0 Å². The van der Waals surface area contributed by atoms with Crippen LogP contribution in [0.4, 0.5) is 0 Å². The van der Waals surface area contributed by atoms with Crippen molar-refractivity contribution in [2.75, 3.05) is 20.1 Å². The highest BCUT2D eigenvalue weighted by atomic mass is 16.5. The van der Waals surface area contributed by atoms with E-state index in [1.165, 1.54) is 0 Å². The molecule has 0 amide bonds. The summed E-state index contributed by atoms with van der Waals surface area (Å²) in [7, 11) is 2.10. The summed E-state index contributed by atoms with van der Waals surface area (Å²) in [6, 6.07) is 22.1. The molecule has 0 bridgehead atoms. The average molecular weight is 442 g/mol. The number of ether oxygens (including phenoxy) is 1. The Kier molecular flexibility index (Phi) is 5.60. The van der Waals surface area contributed by atoms with Crippen molar-refractivity contribution in [2.24, 2.45) is 15.9 Å². The molecule has 2 aliphatic rings. The Morgan fingerprint density at radius 3 is 2.27 bits per heavy atom. The number of likely N-dealkylation sites (tertiary alicyclic amines) is 1. The van der Waals surface area contributed by atoms with Crippen LogP contribution in [-0.4, -0.2) is 53.4 Å². The fourth-order valence-electron chi connectivity index (χ4n) is 4.71. The molecule has 6 nitrogen and oxygen atoms in total. The number of phenolic OH excluding ortho intramolecular Hbond substituents is 2. The minimum atomic E-state index is -0.802. The minimum absolute atomic E-state index is 0.0460. The van der Waals surface area contributed by atoms with Crippen LogP contribution in [0, 0.1) is 5.92 Å². The molecular weight excluding hydrogens is 414 g/mol. The van der Waals surface area contributed by atoms with E-state index in [1.54, 1.807) is 36.7 Å². The van der Waals surface area contributed by atoms with Crippen molar-refractivity contribution in [3.8, 4) is 17.2 Å². The van der Waals surface area contributed by atoms with Crippen molar-refractivity contribution in [1.29, 1.82) is 0 Å². The largest absolute Gasteiger partial charge is 0.507 e. The summed E-state index contributed by atoms with van der Waals surface area (Å²) in [5.74, 6) is 1.11. The van der Waals surface area contributed by atoms with Crippen molar-refractivity contribution in [3.63, 3.8) is 0 Å². The molecule has 0 aliphatic carbocycles. The molecule has 168 valence electrons. The van der Waals surface area contributed by atoms with Crippen molar-refractivity contribution in [2.45, 2.75) is 18.2 Å². The van der Waals surface area contributed by atoms with Crippen molar-refractivity contribution in [1.82, 2.24) is 4.90 Å². The summed E-state index contributed by atoms with van der Waals surface area (Å²) < 4.78 is 6.61. The number of piperidine rings is 1. The number of fused-ring (bicyclic) bond motifs is 2. The maximum Gasteiger partial charge on any atom is 0.207 e. The molecule has 3 aromatic rings. The molecule has 33 heavy (non-hydrogen) atoms. The van der Waals surface area contributed by atoms with Crippen LogP contribution in [0.15, 0.2) is 82.8 Å². The van der Waals surface area contributed by atoms with E-state index in [4.69, 9.17) is 14.7 Å². The van der Waals surface area contributed by atoms with Gasteiger partial charge in [-0.05, 0) is 37.4 Å². The summed E-state index contributed by atoms with van der Waals surface area (Å²) in [5, 5.41) is 20.5. The predicted molar refractivity (Wildman–Crippen MR) is 130 cm³/mol. The number of hydrogen-bond donors (Lipinski definition) is 2. The number of hydrogen-bond acceptors (Lipinski definition) is 6. The van der Waals surface area contributed by atoms with Gasteiger partial charge >= 0.3 is 0 Å². The smallest absolute Gasteiger partial charge is 0.207 e. The molecule has 0 saturated carbocycles. The van der Waals surface area contributed by atoms with Crippen molar-refractivity contribution < 1.29 is 14.9 Å². The summed E-state index contributed by atoms with van der Waals surface area (Å²) in [5.41, 5.74) is 1.54. The van der Waals surface area contributed by atoms with Gasteiger partial charge in [-0.3, -0.25) is 4.99 Å². The summed E-state index contributed by atoms with van der Waals surface area (Å²) in [6.07, 6.45) is 4.16. The number of nitrogens with zero attached hydrogens (tertiary/aromatic N) is 3. The van der Waals surface area contributed by atoms with Gasteiger partial charge in [0.2, 0.25) is 5.72 Å². The van der Waals surface area contributed by atoms with E-state index in [9.17, 15) is 10.2 Å². The Labute approximate surface area is 193 Å². The molecule has 1 saturated heterocycles. The molecule has 1 fully saturated rings. The topological polar surface area (TPSA) is 77.7 Å². The quantitative estimate of drug-likeness (QED) is 0.588. The van der Waals surface area contributed by atoms with Crippen LogP contribution < -0.4 is 4.74 Å².